The Kier molecular flexibility index (Phi) is 7.81. The smallest absolute Gasteiger partial charge is 0.0496 e. The summed E-state index contributed by atoms with van der Waals surface area (Å²) in [5, 5.41) is 0. The van der Waals surface area contributed by atoms with Gasteiger partial charge in [-0.3, -0.25) is 0 Å². The van der Waals surface area contributed by atoms with Crippen molar-refractivity contribution >= 4 is 34.1 Å². The van der Waals surface area contributed by atoms with Crippen LogP contribution in [0.15, 0.2) is 170 Å². The summed E-state index contributed by atoms with van der Waals surface area (Å²) >= 11 is 0. The van der Waals surface area contributed by atoms with E-state index < -0.39 is 0 Å². The van der Waals surface area contributed by atoms with Crippen molar-refractivity contribution < 1.29 is 0 Å². The Bertz CT molecular complexity index is 2300. The molecule has 0 saturated carbocycles. The summed E-state index contributed by atoms with van der Waals surface area (Å²) in [6.45, 7) is 4.74. The molecule has 248 valence electrons. The van der Waals surface area contributed by atoms with Crippen LogP contribution in [0, 0.1) is 0 Å². The van der Waals surface area contributed by atoms with E-state index in [0.717, 1.165) is 25.7 Å². The van der Waals surface area contributed by atoms with Crippen LogP contribution in [-0.4, -0.2) is 0 Å². The highest BCUT2D eigenvalue weighted by molar-refractivity contribution is 5.86. The van der Waals surface area contributed by atoms with Crippen molar-refractivity contribution in [1.82, 2.24) is 0 Å². The van der Waals surface area contributed by atoms with Crippen LogP contribution in [0.5, 0.6) is 0 Å². The van der Waals surface area contributed by atoms with Gasteiger partial charge in [-0.05, 0) is 131 Å². The molecule has 0 saturated heterocycles. The summed E-state index contributed by atoms with van der Waals surface area (Å²) in [5.74, 6) is 0. The van der Waals surface area contributed by atoms with Crippen LogP contribution in [0.1, 0.15) is 47.2 Å². The van der Waals surface area contributed by atoms with Crippen molar-refractivity contribution in [2.45, 2.75) is 44.9 Å². The maximum atomic E-state index is 2.50. The van der Waals surface area contributed by atoms with Gasteiger partial charge in [0.1, 0.15) is 0 Å². The zero-order valence-electron chi connectivity index (χ0n) is 29.4. The highest BCUT2D eigenvalue weighted by atomic mass is 15.2. The molecule has 4 bridgehead atoms. The molecule has 0 amide bonds. The minimum atomic E-state index is -0.0666. The van der Waals surface area contributed by atoms with Gasteiger partial charge in [-0.25, -0.2) is 0 Å². The minimum absolute atomic E-state index is 0.0666. The Morgan fingerprint density at radius 3 is 1.35 bits per heavy atom. The van der Waals surface area contributed by atoms with Crippen LogP contribution >= 0.6 is 0 Å². The first-order valence-corrected chi connectivity index (χ1v) is 18.3. The van der Waals surface area contributed by atoms with Gasteiger partial charge in [-0.2, -0.15) is 0 Å². The van der Waals surface area contributed by atoms with E-state index >= 15 is 0 Å². The standard InChI is InChI=1S/C49H42N2/c1-49(2)45-21-13-12-20-43(45)44-31-30-42(34-46(44)49)51(41-18-10-5-11-19-41)48-33-36-23-27-37-26-22-35(24-28-38(48)29-25-36)32-47(37)50(39-14-6-3-7-15-39)40-16-8-4-9-17-40/h3-22,25-26,29-34H,23-24,27-28H2,1-2H3. The second-order valence-corrected chi connectivity index (χ2v) is 14.5. The van der Waals surface area contributed by atoms with Gasteiger partial charge in [0, 0.05) is 39.5 Å². The van der Waals surface area contributed by atoms with Gasteiger partial charge in [-0.15, -0.1) is 0 Å². The van der Waals surface area contributed by atoms with Crippen LogP contribution in [0.25, 0.3) is 11.1 Å². The number of hydrogen-bond acceptors (Lipinski definition) is 2. The molecule has 0 heterocycles. The molecule has 0 spiro atoms. The van der Waals surface area contributed by atoms with E-state index in [2.05, 4.69) is 194 Å². The fraction of sp³-hybridized carbons (Fsp3) is 0.143. The third kappa shape index (κ3) is 5.62. The highest BCUT2D eigenvalue weighted by Crippen LogP contribution is 2.51. The molecule has 5 aliphatic rings. The lowest BCUT2D eigenvalue weighted by Gasteiger charge is -2.31. The number of aryl methyl sites for hydroxylation is 4. The fourth-order valence-electron chi connectivity index (χ4n) is 8.34. The molecule has 0 aromatic heterocycles. The maximum Gasteiger partial charge on any atom is 0.0496 e. The predicted octanol–water partition coefficient (Wildman–Crippen LogP) is 12.8. The molecule has 2 heteroatoms. The van der Waals surface area contributed by atoms with Crippen LogP contribution in [0.2, 0.25) is 0 Å². The van der Waals surface area contributed by atoms with E-state index in [4.69, 9.17) is 0 Å². The van der Waals surface area contributed by atoms with Crippen molar-refractivity contribution in [3.8, 4) is 11.1 Å². The van der Waals surface area contributed by atoms with Crippen molar-refractivity contribution in [3.05, 3.63) is 203 Å². The molecule has 51 heavy (non-hydrogen) atoms. The fourth-order valence-corrected chi connectivity index (χ4v) is 8.34. The third-order valence-corrected chi connectivity index (χ3v) is 11.0. The van der Waals surface area contributed by atoms with Crippen molar-refractivity contribution in [1.29, 1.82) is 0 Å². The Hall–Kier alpha value is -5.86. The molecule has 5 aliphatic carbocycles. The second-order valence-electron chi connectivity index (χ2n) is 14.5. The lowest BCUT2D eigenvalue weighted by molar-refractivity contribution is 0.660. The molecule has 0 aliphatic heterocycles. The largest absolute Gasteiger partial charge is 0.310 e. The Morgan fingerprint density at radius 1 is 0.373 bits per heavy atom. The second kappa shape index (κ2) is 12.8. The summed E-state index contributed by atoms with van der Waals surface area (Å²) in [6.07, 6.45) is 3.79. The van der Waals surface area contributed by atoms with Crippen LogP contribution in [0.3, 0.4) is 0 Å². The van der Waals surface area contributed by atoms with E-state index in [1.807, 2.05) is 0 Å². The number of benzene rings is 7. The zero-order chi connectivity index (χ0) is 34.4. The van der Waals surface area contributed by atoms with Gasteiger partial charge in [0.2, 0.25) is 0 Å². The molecule has 2 nitrogen and oxygen atoms in total. The summed E-state index contributed by atoms with van der Waals surface area (Å²) < 4.78 is 0. The number of rotatable bonds is 6. The van der Waals surface area contributed by atoms with Gasteiger partial charge in [0.25, 0.3) is 0 Å². The van der Waals surface area contributed by atoms with Gasteiger partial charge in [-0.1, -0.05) is 123 Å². The molecule has 0 N–H and O–H groups in total. The topological polar surface area (TPSA) is 6.48 Å². The van der Waals surface area contributed by atoms with Gasteiger partial charge >= 0.3 is 0 Å². The maximum absolute atomic E-state index is 2.50. The number of hydrogen-bond donors (Lipinski definition) is 0. The molecule has 0 radical (unpaired) electrons. The van der Waals surface area contributed by atoms with E-state index in [0.29, 0.717) is 0 Å². The lowest BCUT2D eigenvalue weighted by atomic mass is 9.82. The van der Waals surface area contributed by atoms with Gasteiger partial charge in [0.05, 0.1) is 0 Å². The van der Waals surface area contributed by atoms with Crippen molar-refractivity contribution in [3.63, 3.8) is 0 Å². The molecule has 0 unspecified atom stereocenters. The first-order valence-electron chi connectivity index (χ1n) is 18.3. The molecular formula is C49H42N2. The van der Waals surface area contributed by atoms with Crippen LogP contribution in [0.4, 0.5) is 34.1 Å². The van der Waals surface area contributed by atoms with Crippen molar-refractivity contribution in [2.75, 3.05) is 9.80 Å². The molecule has 7 aromatic carbocycles. The summed E-state index contributed by atoms with van der Waals surface area (Å²) in [5.41, 5.74) is 18.2. The lowest BCUT2D eigenvalue weighted by Crippen LogP contribution is -2.17. The Balaban J connectivity index is 1.14. The summed E-state index contributed by atoms with van der Waals surface area (Å²) in [4.78, 5) is 4.94. The first kappa shape index (κ1) is 31.1. The first-order chi connectivity index (χ1) is 25.0. The van der Waals surface area contributed by atoms with E-state index in [1.54, 1.807) is 0 Å². The van der Waals surface area contributed by atoms with Gasteiger partial charge in [0.15, 0.2) is 0 Å². The predicted molar refractivity (Wildman–Crippen MR) is 215 cm³/mol. The van der Waals surface area contributed by atoms with E-state index in [1.165, 1.54) is 78.6 Å². The quantitative estimate of drug-likeness (QED) is 0.175. The van der Waals surface area contributed by atoms with Crippen molar-refractivity contribution in [2.24, 2.45) is 0 Å². The minimum Gasteiger partial charge on any atom is -0.310 e. The Morgan fingerprint density at radius 2 is 0.824 bits per heavy atom. The number of anilines is 6. The average molecular weight is 659 g/mol. The number of fused-ring (bicyclic) bond motifs is 3. The summed E-state index contributed by atoms with van der Waals surface area (Å²) in [6, 6.07) is 63.0. The number of para-hydroxylation sites is 3. The molecule has 7 aromatic rings. The Labute approximate surface area is 302 Å². The normalized spacial score (nSPS) is 13.9. The molecule has 0 atom stereocenters. The van der Waals surface area contributed by atoms with Crippen LogP contribution in [-0.2, 0) is 31.1 Å². The SMILES string of the molecule is CC1(C)c2ccccc2-c2ccc(N(c3ccccc3)c3cc4ccc3CCc3ccc(c(N(c5ccccc5)c5ccccc5)c3)CC4)cc21. The average Bonchev–Trinajstić information content (AvgIpc) is 3.40. The summed E-state index contributed by atoms with van der Waals surface area (Å²) in [7, 11) is 0. The third-order valence-electron chi connectivity index (χ3n) is 11.0. The molecule has 12 rings (SSSR count). The highest BCUT2D eigenvalue weighted by Gasteiger charge is 2.36. The molecular weight excluding hydrogens is 617 g/mol. The monoisotopic (exact) mass is 658 g/mol. The van der Waals surface area contributed by atoms with Gasteiger partial charge < -0.3 is 9.80 Å². The van der Waals surface area contributed by atoms with Crippen LogP contribution < -0.4 is 9.80 Å². The van der Waals surface area contributed by atoms with E-state index in [9.17, 15) is 0 Å². The van der Waals surface area contributed by atoms with E-state index in [-0.39, 0.29) is 5.41 Å². The number of nitrogens with zero attached hydrogens (tertiary/aromatic N) is 2. The molecule has 0 fully saturated rings. The zero-order valence-corrected chi connectivity index (χ0v) is 29.4.